The Morgan fingerprint density at radius 2 is 1.81 bits per heavy atom. The lowest BCUT2D eigenvalue weighted by atomic mass is 9.94. The molecular weight excluding hydrogens is 380 g/mol. The van der Waals surface area contributed by atoms with Gasteiger partial charge in [-0.2, -0.15) is 0 Å². The van der Waals surface area contributed by atoms with Crippen LogP contribution in [0.2, 0.25) is 5.02 Å². The molecule has 3 N–H and O–H groups in total. The number of carbonyl (C=O) groups excluding carboxylic acids is 1. The van der Waals surface area contributed by atoms with Crippen molar-refractivity contribution in [1.82, 2.24) is 10.6 Å². The Morgan fingerprint density at radius 1 is 1.15 bits per heavy atom. The zero-order valence-electron chi connectivity index (χ0n) is 15.3. The van der Waals surface area contributed by atoms with Crippen LogP contribution in [0, 0.1) is 0 Å². The Kier molecular flexibility index (Phi) is 5.68. The quantitative estimate of drug-likeness (QED) is 0.681. The number of anilines is 2. The van der Waals surface area contributed by atoms with Crippen LogP contribution in [0.1, 0.15) is 18.5 Å². The summed E-state index contributed by atoms with van der Waals surface area (Å²) in [5, 5.41) is 10.1. The SMILES string of the molecule is CC1=C(C(=O)Nc2ccccc2Cl)[C@H](c2ccc(N(C)C)cc2)NC(=S)N1. The number of allylic oxidation sites excluding steroid dienone is 1. The molecule has 0 spiro atoms. The van der Waals surface area contributed by atoms with E-state index in [0.29, 0.717) is 27.1 Å². The minimum atomic E-state index is -0.350. The second kappa shape index (κ2) is 7.98. The fourth-order valence-corrected chi connectivity index (χ4v) is 3.42. The van der Waals surface area contributed by atoms with E-state index in [1.165, 1.54) is 0 Å². The summed E-state index contributed by atoms with van der Waals surface area (Å²) in [6.45, 7) is 1.84. The zero-order chi connectivity index (χ0) is 19.6. The molecule has 0 saturated carbocycles. The minimum Gasteiger partial charge on any atom is -0.378 e. The fraction of sp³-hybridized carbons (Fsp3) is 0.200. The number of hydrogen-bond donors (Lipinski definition) is 3. The van der Waals surface area contributed by atoms with Gasteiger partial charge in [0, 0.05) is 25.5 Å². The second-order valence-electron chi connectivity index (χ2n) is 6.49. The van der Waals surface area contributed by atoms with E-state index in [0.717, 1.165) is 11.3 Å². The first-order valence-electron chi connectivity index (χ1n) is 8.48. The topological polar surface area (TPSA) is 56.4 Å². The van der Waals surface area contributed by atoms with E-state index in [4.69, 9.17) is 23.8 Å². The summed E-state index contributed by atoms with van der Waals surface area (Å²) in [4.78, 5) is 15.1. The Balaban J connectivity index is 1.94. The van der Waals surface area contributed by atoms with Crippen molar-refractivity contribution in [3.05, 3.63) is 70.4 Å². The second-order valence-corrected chi connectivity index (χ2v) is 7.31. The predicted octanol–water partition coefficient (Wildman–Crippen LogP) is 3.84. The molecule has 0 saturated heterocycles. The van der Waals surface area contributed by atoms with Crippen molar-refractivity contribution in [3.63, 3.8) is 0 Å². The summed E-state index contributed by atoms with van der Waals surface area (Å²) in [5.41, 5.74) is 3.89. The lowest BCUT2D eigenvalue weighted by molar-refractivity contribution is -0.113. The van der Waals surface area contributed by atoms with Gasteiger partial charge in [0.05, 0.1) is 22.3 Å². The van der Waals surface area contributed by atoms with Crippen LogP contribution in [0.15, 0.2) is 59.8 Å². The number of benzene rings is 2. The van der Waals surface area contributed by atoms with Gasteiger partial charge in [0.15, 0.2) is 5.11 Å². The number of thiocarbonyl (C=S) groups is 1. The van der Waals surface area contributed by atoms with Crippen molar-refractivity contribution in [2.75, 3.05) is 24.3 Å². The van der Waals surface area contributed by atoms with Crippen LogP contribution in [0.25, 0.3) is 0 Å². The van der Waals surface area contributed by atoms with Gasteiger partial charge >= 0.3 is 0 Å². The standard InChI is InChI=1S/C20H21ClN4OS/c1-12-17(19(26)23-16-7-5-4-6-15(16)21)18(24-20(27)22-12)13-8-10-14(11-9-13)25(2)3/h4-11,18H,1-3H3,(H,23,26)(H2,22,24,27)/t18-/m0/s1. The number of hydrogen-bond acceptors (Lipinski definition) is 3. The van der Waals surface area contributed by atoms with Crippen LogP contribution >= 0.6 is 23.8 Å². The van der Waals surface area contributed by atoms with Crippen molar-refractivity contribution in [2.45, 2.75) is 13.0 Å². The highest BCUT2D eigenvalue weighted by molar-refractivity contribution is 7.80. The van der Waals surface area contributed by atoms with Crippen LogP contribution in [-0.2, 0) is 4.79 Å². The van der Waals surface area contributed by atoms with E-state index in [9.17, 15) is 4.79 Å². The largest absolute Gasteiger partial charge is 0.378 e. The summed E-state index contributed by atoms with van der Waals surface area (Å²) in [7, 11) is 3.97. The van der Waals surface area contributed by atoms with Crippen molar-refractivity contribution in [3.8, 4) is 0 Å². The molecule has 1 atom stereocenters. The highest BCUT2D eigenvalue weighted by Gasteiger charge is 2.30. The zero-order valence-corrected chi connectivity index (χ0v) is 16.9. The van der Waals surface area contributed by atoms with E-state index in [1.54, 1.807) is 12.1 Å². The average molecular weight is 401 g/mol. The van der Waals surface area contributed by atoms with Crippen molar-refractivity contribution in [2.24, 2.45) is 0 Å². The lowest BCUT2D eigenvalue weighted by Crippen LogP contribution is -2.45. The maximum Gasteiger partial charge on any atom is 0.255 e. The van der Waals surface area contributed by atoms with Gasteiger partial charge in [-0.3, -0.25) is 4.79 Å². The maximum absolute atomic E-state index is 13.0. The molecule has 1 aliphatic rings. The molecule has 3 rings (SSSR count). The summed E-state index contributed by atoms with van der Waals surface area (Å²) in [5.74, 6) is -0.232. The number of rotatable bonds is 4. The fourth-order valence-electron chi connectivity index (χ4n) is 2.96. The Labute approximate surface area is 169 Å². The number of amides is 1. The molecule has 1 amide bonds. The van der Waals surface area contributed by atoms with E-state index in [2.05, 4.69) is 16.0 Å². The van der Waals surface area contributed by atoms with Crippen LogP contribution in [0.3, 0.4) is 0 Å². The Bertz CT molecular complexity index is 908. The highest BCUT2D eigenvalue weighted by Crippen LogP contribution is 2.30. The molecule has 0 bridgehead atoms. The van der Waals surface area contributed by atoms with Crippen molar-refractivity contribution >= 4 is 46.2 Å². The molecule has 1 aliphatic heterocycles. The molecule has 1 heterocycles. The molecule has 0 aromatic heterocycles. The van der Waals surface area contributed by atoms with Crippen LogP contribution in [0.5, 0.6) is 0 Å². The van der Waals surface area contributed by atoms with Crippen LogP contribution in [0.4, 0.5) is 11.4 Å². The Hall–Kier alpha value is -2.57. The van der Waals surface area contributed by atoms with Gasteiger partial charge in [0.25, 0.3) is 5.91 Å². The number of nitrogens with zero attached hydrogens (tertiary/aromatic N) is 1. The monoisotopic (exact) mass is 400 g/mol. The maximum atomic E-state index is 13.0. The molecular formula is C20H21ClN4OS. The molecule has 140 valence electrons. The summed E-state index contributed by atoms with van der Waals surface area (Å²) < 4.78 is 0. The molecule has 0 aliphatic carbocycles. The van der Waals surface area contributed by atoms with Gasteiger partial charge in [0.2, 0.25) is 0 Å². The van der Waals surface area contributed by atoms with Gasteiger partial charge in [0.1, 0.15) is 0 Å². The third-order valence-electron chi connectivity index (χ3n) is 4.38. The number of nitrogens with one attached hydrogen (secondary N) is 3. The molecule has 0 unspecified atom stereocenters. The van der Waals surface area contributed by atoms with E-state index in [-0.39, 0.29) is 11.9 Å². The third kappa shape index (κ3) is 4.23. The average Bonchev–Trinajstić information content (AvgIpc) is 2.63. The summed E-state index contributed by atoms with van der Waals surface area (Å²) >= 11 is 11.5. The normalized spacial score (nSPS) is 16.4. The lowest BCUT2D eigenvalue weighted by Gasteiger charge is -2.30. The molecule has 27 heavy (non-hydrogen) atoms. The smallest absolute Gasteiger partial charge is 0.255 e. The molecule has 5 nitrogen and oxygen atoms in total. The van der Waals surface area contributed by atoms with Gasteiger partial charge in [-0.25, -0.2) is 0 Å². The summed E-state index contributed by atoms with van der Waals surface area (Å²) in [6, 6.07) is 14.8. The van der Waals surface area contributed by atoms with Gasteiger partial charge in [-0.15, -0.1) is 0 Å². The Morgan fingerprint density at radius 3 is 2.44 bits per heavy atom. The molecule has 2 aromatic carbocycles. The molecule has 7 heteroatoms. The van der Waals surface area contributed by atoms with Gasteiger partial charge in [-0.05, 0) is 49.0 Å². The van der Waals surface area contributed by atoms with Crippen molar-refractivity contribution in [1.29, 1.82) is 0 Å². The van der Waals surface area contributed by atoms with Crippen LogP contribution in [-0.4, -0.2) is 25.1 Å². The minimum absolute atomic E-state index is 0.232. The molecule has 0 radical (unpaired) electrons. The highest BCUT2D eigenvalue weighted by atomic mass is 35.5. The van der Waals surface area contributed by atoms with Crippen LogP contribution < -0.4 is 20.9 Å². The molecule has 0 fully saturated rings. The van der Waals surface area contributed by atoms with E-state index < -0.39 is 0 Å². The predicted molar refractivity (Wildman–Crippen MR) is 115 cm³/mol. The third-order valence-corrected chi connectivity index (χ3v) is 4.93. The summed E-state index contributed by atoms with van der Waals surface area (Å²) in [6.07, 6.45) is 0. The van der Waals surface area contributed by atoms with E-state index >= 15 is 0 Å². The number of halogens is 1. The first-order chi connectivity index (χ1) is 12.9. The first-order valence-corrected chi connectivity index (χ1v) is 9.27. The van der Waals surface area contributed by atoms with E-state index in [1.807, 2.05) is 62.3 Å². The number of carbonyl (C=O) groups is 1. The van der Waals surface area contributed by atoms with Gasteiger partial charge < -0.3 is 20.9 Å². The van der Waals surface area contributed by atoms with Gasteiger partial charge in [-0.1, -0.05) is 35.9 Å². The first kappa shape index (κ1) is 19.2. The number of para-hydroxylation sites is 1. The molecule has 2 aromatic rings. The van der Waals surface area contributed by atoms with Crippen molar-refractivity contribution < 1.29 is 4.79 Å².